The molecule has 1 saturated carbocycles. The monoisotopic (exact) mass is 263 g/mol. The Morgan fingerprint density at radius 3 is 2.95 bits per heavy atom. The average Bonchev–Trinajstić information content (AvgIpc) is 2.97. The van der Waals surface area contributed by atoms with Crippen molar-refractivity contribution in [3.05, 3.63) is 18.0 Å². The number of hydrogen-bond donors (Lipinski definition) is 1. The van der Waals surface area contributed by atoms with Crippen molar-refractivity contribution in [1.29, 1.82) is 0 Å². The SMILES string of the molecule is O/N=C1\CCCCC1c1ccnn1C1CCCCO1. The van der Waals surface area contributed by atoms with Crippen LogP contribution >= 0.6 is 0 Å². The van der Waals surface area contributed by atoms with Crippen LogP contribution in [-0.4, -0.2) is 27.3 Å². The molecule has 0 aromatic carbocycles. The molecule has 1 aliphatic carbocycles. The van der Waals surface area contributed by atoms with Crippen LogP contribution in [0.2, 0.25) is 0 Å². The number of nitrogens with zero attached hydrogens (tertiary/aromatic N) is 3. The van der Waals surface area contributed by atoms with Crippen LogP contribution in [0.5, 0.6) is 0 Å². The van der Waals surface area contributed by atoms with Crippen LogP contribution in [0.4, 0.5) is 0 Å². The maximum atomic E-state index is 9.19. The van der Waals surface area contributed by atoms with E-state index >= 15 is 0 Å². The number of rotatable bonds is 2. The molecule has 2 atom stereocenters. The van der Waals surface area contributed by atoms with Gasteiger partial charge in [-0.15, -0.1) is 0 Å². The minimum atomic E-state index is 0.0561. The zero-order valence-electron chi connectivity index (χ0n) is 11.2. The van der Waals surface area contributed by atoms with Gasteiger partial charge in [-0.3, -0.25) is 0 Å². The Labute approximate surface area is 113 Å². The summed E-state index contributed by atoms with van der Waals surface area (Å²) in [6.07, 6.45) is 9.46. The summed E-state index contributed by atoms with van der Waals surface area (Å²) >= 11 is 0. The summed E-state index contributed by atoms with van der Waals surface area (Å²) in [6, 6.07) is 2.04. The zero-order valence-corrected chi connectivity index (χ0v) is 11.2. The Morgan fingerprint density at radius 2 is 2.16 bits per heavy atom. The molecule has 2 fully saturated rings. The quantitative estimate of drug-likeness (QED) is 0.659. The first-order valence-corrected chi connectivity index (χ1v) is 7.26. The molecular formula is C14H21N3O2. The molecule has 2 heterocycles. The lowest BCUT2D eigenvalue weighted by Crippen LogP contribution is -2.26. The van der Waals surface area contributed by atoms with E-state index in [9.17, 15) is 5.21 Å². The summed E-state index contributed by atoms with van der Waals surface area (Å²) in [4.78, 5) is 0. The molecule has 1 aromatic rings. The fourth-order valence-corrected chi connectivity index (χ4v) is 3.19. The third kappa shape index (κ3) is 2.52. The van der Waals surface area contributed by atoms with E-state index < -0.39 is 0 Å². The molecule has 1 N–H and O–H groups in total. The van der Waals surface area contributed by atoms with Crippen LogP contribution in [0, 0.1) is 0 Å². The third-order valence-electron chi connectivity index (χ3n) is 4.19. The fraction of sp³-hybridized carbons (Fsp3) is 0.714. The topological polar surface area (TPSA) is 59.6 Å². The van der Waals surface area contributed by atoms with Crippen molar-refractivity contribution in [2.24, 2.45) is 5.16 Å². The molecule has 104 valence electrons. The fourth-order valence-electron chi connectivity index (χ4n) is 3.19. The van der Waals surface area contributed by atoms with Gasteiger partial charge in [0.05, 0.1) is 11.4 Å². The Balaban J connectivity index is 1.86. The molecule has 2 aliphatic rings. The van der Waals surface area contributed by atoms with Crippen molar-refractivity contribution in [2.45, 2.75) is 57.1 Å². The van der Waals surface area contributed by atoms with Crippen molar-refractivity contribution in [1.82, 2.24) is 9.78 Å². The third-order valence-corrected chi connectivity index (χ3v) is 4.19. The van der Waals surface area contributed by atoms with E-state index in [2.05, 4.69) is 10.3 Å². The van der Waals surface area contributed by atoms with Crippen LogP contribution in [-0.2, 0) is 4.74 Å². The molecular weight excluding hydrogens is 242 g/mol. The molecule has 19 heavy (non-hydrogen) atoms. The van der Waals surface area contributed by atoms with Gasteiger partial charge in [0, 0.05) is 18.7 Å². The molecule has 1 aromatic heterocycles. The van der Waals surface area contributed by atoms with Gasteiger partial charge in [0.2, 0.25) is 0 Å². The highest BCUT2D eigenvalue weighted by atomic mass is 16.5. The van der Waals surface area contributed by atoms with E-state index in [0.717, 1.165) is 50.1 Å². The first kappa shape index (κ1) is 12.7. The van der Waals surface area contributed by atoms with Gasteiger partial charge in [-0.05, 0) is 44.6 Å². The number of hydrogen-bond acceptors (Lipinski definition) is 4. The highest BCUT2D eigenvalue weighted by Gasteiger charge is 2.28. The average molecular weight is 263 g/mol. The van der Waals surface area contributed by atoms with Gasteiger partial charge in [-0.25, -0.2) is 4.68 Å². The molecule has 3 rings (SSSR count). The molecule has 0 radical (unpaired) electrons. The van der Waals surface area contributed by atoms with Gasteiger partial charge in [0.1, 0.15) is 6.23 Å². The Morgan fingerprint density at radius 1 is 1.26 bits per heavy atom. The van der Waals surface area contributed by atoms with Crippen LogP contribution in [0.15, 0.2) is 17.4 Å². The first-order valence-electron chi connectivity index (χ1n) is 7.26. The molecule has 0 spiro atoms. The predicted molar refractivity (Wildman–Crippen MR) is 71.5 cm³/mol. The molecule has 1 aliphatic heterocycles. The van der Waals surface area contributed by atoms with Gasteiger partial charge < -0.3 is 9.94 Å². The predicted octanol–water partition coefficient (Wildman–Crippen LogP) is 3.07. The maximum Gasteiger partial charge on any atom is 0.150 e. The summed E-state index contributed by atoms with van der Waals surface area (Å²) in [7, 11) is 0. The van der Waals surface area contributed by atoms with E-state index in [1.54, 1.807) is 0 Å². The lowest BCUT2D eigenvalue weighted by atomic mass is 9.85. The van der Waals surface area contributed by atoms with Crippen LogP contribution in [0.25, 0.3) is 0 Å². The molecule has 5 nitrogen and oxygen atoms in total. The standard InChI is InChI=1S/C14H21N3O2/c18-16-12-6-2-1-5-11(12)13-8-9-15-17(13)14-7-3-4-10-19-14/h8-9,11,14,18H,1-7,10H2/b16-12+. The highest BCUT2D eigenvalue weighted by molar-refractivity contribution is 5.90. The Hall–Kier alpha value is -1.36. The Bertz CT molecular complexity index is 449. The minimum Gasteiger partial charge on any atom is -0.411 e. The molecule has 0 bridgehead atoms. The summed E-state index contributed by atoms with van der Waals surface area (Å²) in [6.45, 7) is 0.815. The van der Waals surface area contributed by atoms with Crippen LogP contribution in [0.3, 0.4) is 0 Å². The van der Waals surface area contributed by atoms with Crippen molar-refractivity contribution in [3.63, 3.8) is 0 Å². The second-order valence-corrected chi connectivity index (χ2v) is 5.41. The molecule has 5 heteroatoms. The van der Waals surface area contributed by atoms with E-state index in [-0.39, 0.29) is 12.1 Å². The van der Waals surface area contributed by atoms with Crippen molar-refractivity contribution >= 4 is 5.71 Å². The summed E-state index contributed by atoms with van der Waals surface area (Å²) in [5.74, 6) is 0.201. The summed E-state index contributed by atoms with van der Waals surface area (Å²) < 4.78 is 7.82. The highest BCUT2D eigenvalue weighted by Crippen LogP contribution is 2.33. The normalized spacial score (nSPS) is 30.6. The van der Waals surface area contributed by atoms with Crippen LogP contribution < -0.4 is 0 Å². The second-order valence-electron chi connectivity index (χ2n) is 5.41. The van der Waals surface area contributed by atoms with Crippen molar-refractivity contribution in [3.8, 4) is 0 Å². The lowest BCUT2D eigenvalue weighted by Gasteiger charge is -2.28. The lowest BCUT2D eigenvalue weighted by molar-refractivity contribution is -0.0413. The second kappa shape index (κ2) is 5.74. The van der Waals surface area contributed by atoms with E-state index in [1.165, 1.54) is 12.8 Å². The minimum absolute atomic E-state index is 0.0561. The van der Waals surface area contributed by atoms with E-state index in [4.69, 9.17) is 4.74 Å². The molecule has 0 amide bonds. The van der Waals surface area contributed by atoms with Crippen molar-refractivity contribution in [2.75, 3.05) is 6.61 Å². The van der Waals surface area contributed by atoms with Gasteiger partial charge in [0.15, 0.2) is 0 Å². The first-order chi connectivity index (χ1) is 9.40. The number of ether oxygens (including phenoxy) is 1. The molecule has 1 saturated heterocycles. The maximum absolute atomic E-state index is 9.19. The van der Waals surface area contributed by atoms with Gasteiger partial charge in [0.25, 0.3) is 0 Å². The summed E-state index contributed by atoms with van der Waals surface area (Å²) in [5, 5.41) is 17.1. The van der Waals surface area contributed by atoms with E-state index in [1.807, 2.05) is 16.9 Å². The number of aromatic nitrogens is 2. The largest absolute Gasteiger partial charge is 0.411 e. The van der Waals surface area contributed by atoms with Crippen molar-refractivity contribution < 1.29 is 9.94 Å². The smallest absolute Gasteiger partial charge is 0.150 e. The Kier molecular flexibility index (Phi) is 3.82. The van der Waals surface area contributed by atoms with Gasteiger partial charge >= 0.3 is 0 Å². The van der Waals surface area contributed by atoms with Crippen LogP contribution in [0.1, 0.15) is 62.8 Å². The molecule has 2 unspecified atom stereocenters. The summed E-state index contributed by atoms with van der Waals surface area (Å²) in [5.41, 5.74) is 2.03. The van der Waals surface area contributed by atoms with Gasteiger partial charge in [-0.1, -0.05) is 11.6 Å². The van der Waals surface area contributed by atoms with Gasteiger partial charge in [-0.2, -0.15) is 5.10 Å². The van der Waals surface area contributed by atoms with E-state index in [0.29, 0.717) is 0 Å². The zero-order chi connectivity index (χ0) is 13.1. The number of oxime groups is 1.